The number of aromatic amines is 1. The number of aromatic nitrogens is 4. The minimum atomic E-state index is -3.17. The Balaban J connectivity index is 1.69. The van der Waals surface area contributed by atoms with Crippen molar-refractivity contribution in [1.29, 1.82) is 0 Å². The summed E-state index contributed by atoms with van der Waals surface area (Å²) in [4.78, 5) is 18.1. The Morgan fingerprint density at radius 1 is 1.37 bits per heavy atom. The molecule has 0 aliphatic heterocycles. The number of nitrogens with one attached hydrogen (secondary N) is 2. The van der Waals surface area contributed by atoms with Crippen LogP contribution in [-0.2, 0) is 4.79 Å². The van der Waals surface area contributed by atoms with Gasteiger partial charge in [0.2, 0.25) is 5.88 Å². The van der Waals surface area contributed by atoms with Gasteiger partial charge in [0.1, 0.15) is 11.8 Å². The Hall–Kier alpha value is -3.89. The van der Waals surface area contributed by atoms with Crippen molar-refractivity contribution in [2.75, 3.05) is 0 Å². The predicted molar refractivity (Wildman–Crippen MR) is 103 cm³/mol. The number of amides is 1. The predicted octanol–water partition coefficient (Wildman–Crippen LogP) is 3.47. The molecule has 4 aromatic rings. The second-order valence-electron chi connectivity index (χ2n) is 6.50. The lowest BCUT2D eigenvalue weighted by Gasteiger charge is -2.08. The van der Waals surface area contributed by atoms with E-state index >= 15 is 0 Å². The second-order valence-corrected chi connectivity index (χ2v) is 6.50. The number of alkyl halides is 2. The molecule has 0 unspecified atom stereocenters. The van der Waals surface area contributed by atoms with Crippen LogP contribution in [0.2, 0.25) is 0 Å². The molecule has 0 saturated heterocycles. The molecule has 0 aliphatic rings. The average molecular weight is 416 g/mol. The molecule has 3 aromatic heterocycles. The molecule has 30 heavy (non-hydrogen) atoms. The summed E-state index contributed by atoms with van der Waals surface area (Å²) in [6.45, 7) is 3.53. The molecular weight excluding hydrogens is 401 g/mol. The number of hydrogen-bond acceptors (Lipinski definition) is 5. The molecule has 154 valence electrons. The first-order valence-corrected chi connectivity index (χ1v) is 8.75. The van der Waals surface area contributed by atoms with Gasteiger partial charge in [0, 0.05) is 28.4 Å². The summed E-state index contributed by atoms with van der Waals surface area (Å²) < 4.78 is 46.5. The van der Waals surface area contributed by atoms with E-state index in [0.717, 1.165) is 5.69 Å². The van der Waals surface area contributed by atoms with Crippen molar-refractivity contribution < 1.29 is 22.7 Å². The van der Waals surface area contributed by atoms with Gasteiger partial charge in [-0.1, -0.05) is 0 Å². The molecule has 0 aliphatic carbocycles. The molecule has 0 saturated carbocycles. The van der Waals surface area contributed by atoms with Crippen LogP contribution in [0.1, 0.15) is 16.8 Å². The minimum Gasteiger partial charge on any atom is -0.434 e. The van der Waals surface area contributed by atoms with Gasteiger partial charge in [-0.05, 0) is 37.6 Å². The van der Waals surface area contributed by atoms with Crippen LogP contribution in [0.15, 0.2) is 35.8 Å². The number of carbonyl (C=O) groups excluding carboxylic acids is 1. The Morgan fingerprint density at radius 2 is 2.17 bits per heavy atom. The van der Waals surface area contributed by atoms with Crippen molar-refractivity contribution in [3.05, 3.63) is 53.4 Å². The number of carbonyl (C=O) groups is 1. The van der Waals surface area contributed by atoms with Crippen molar-refractivity contribution in [2.45, 2.75) is 20.3 Å². The van der Waals surface area contributed by atoms with Crippen LogP contribution < -0.4 is 10.2 Å². The maximum Gasteiger partial charge on any atom is 0.317 e. The molecule has 0 atom stereocenters. The number of rotatable bonds is 5. The van der Waals surface area contributed by atoms with Crippen molar-refractivity contribution in [3.63, 3.8) is 0 Å². The maximum absolute atomic E-state index is 14.9. The SMILES string of the molecule is Cc1cc2c(F)c(Oc3ncnn4cc(/C=N/NC(=O)C(F)F)c(C)c34)ccc2[nH]1. The fourth-order valence-electron chi connectivity index (χ4n) is 3.04. The first-order chi connectivity index (χ1) is 14.3. The topological polar surface area (TPSA) is 96.7 Å². The van der Waals surface area contributed by atoms with E-state index in [9.17, 15) is 18.0 Å². The normalized spacial score (nSPS) is 11.8. The first kappa shape index (κ1) is 19.4. The van der Waals surface area contributed by atoms with E-state index in [1.807, 2.05) is 6.92 Å². The third kappa shape index (κ3) is 3.45. The van der Waals surface area contributed by atoms with Gasteiger partial charge in [0.15, 0.2) is 11.6 Å². The lowest BCUT2D eigenvalue weighted by Crippen LogP contribution is -2.24. The summed E-state index contributed by atoms with van der Waals surface area (Å²) in [5.74, 6) is -1.96. The molecule has 0 radical (unpaired) electrons. The van der Waals surface area contributed by atoms with E-state index in [-0.39, 0.29) is 11.6 Å². The highest BCUT2D eigenvalue weighted by atomic mass is 19.3. The van der Waals surface area contributed by atoms with Gasteiger partial charge in [-0.3, -0.25) is 4.79 Å². The Labute approximate surface area is 167 Å². The summed E-state index contributed by atoms with van der Waals surface area (Å²) >= 11 is 0. The molecule has 4 rings (SSSR count). The van der Waals surface area contributed by atoms with Crippen LogP contribution in [0.5, 0.6) is 11.6 Å². The van der Waals surface area contributed by atoms with E-state index in [1.54, 1.807) is 30.7 Å². The Bertz CT molecular complexity index is 1290. The Kier molecular flexibility index (Phi) is 4.86. The number of hydrazone groups is 1. The van der Waals surface area contributed by atoms with Crippen molar-refractivity contribution >= 4 is 28.5 Å². The lowest BCUT2D eigenvalue weighted by molar-refractivity contribution is -0.131. The second kappa shape index (κ2) is 7.50. The number of fused-ring (bicyclic) bond motifs is 2. The van der Waals surface area contributed by atoms with Gasteiger partial charge >= 0.3 is 12.3 Å². The van der Waals surface area contributed by atoms with Crippen molar-refractivity contribution in [1.82, 2.24) is 25.0 Å². The molecule has 1 amide bonds. The molecular formula is C19H15F3N6O2. The quantitative estimate of drug-likeness (QED) is 0.385. The zero-order valence-corrected chi connectivity index (χ0v) is 15.8. The number of ether oxygens (including phenoxy) is 1. The Morgan fingerprint density at radius 3 is 2.93 bits per heavy atom. The zero-order chi connectivity index (χ0) is 21.4. The summed E-state index contributed by atoms with van der Waals surface area (Å²) in [6.07, 6.45) is 0.812. The average Bonchev–Trinajstić information content (AvgIpc) is 3.24. The van der Waals surface area contributed by atoms with E-state index in [1.165, 1.54) is 23.1 Å². The van der Waals surface area contributed by atoms with Crippen LogP contribution in [-0.4, -0.2) is 38.1 Å². The largest absolute Gasteiger partial charge is 0.434 e. The highest BCUT2D eigenvalue weighted by molar-refractivity contribution is 5.88. The highest BCUT2D eigenvalue weighted by Crippen LogP contribution is 2.32. The van der Waals surface area contributed by atoms with Crippen LogP contribution in [0.3, 0.4) is 0 Å². The van der Waals surface area contributed by atoms with Gasteiger partial charge in [0.05, 0.1) is 6.21 Å². The third-order valence-corrected chi connectivity index (χ3v) is 4.45. The number of H-pyrrole nitrogens is 1. The highest BCUT2D eigenvalue weighted by Gasteiger charge is 2.17. The van der Waals surface area contributed by atoms with Crippen LogP contribution in [0, 0.1) is 19.7 Å². The number of halogens is 3. The fourth-order valence-corrected chi connectivity index (χ4v) is 3.04. The van der Waals surface area contributed by atoms with E-state index in [4.69, 9.17) is 4.74 Å². The molecule has 0 fully saturated rings. The first-order valence-electron chi connectivity index (χ1n) is 8.75. The van der Waals surface area contributed by atoms with E-state index in [2.05, 4.69) is 20.2 Å². The zero-order valence-electron chi connectivity index (χ0n) is 15.8. The van der Waals surface area contributed by atoms with Crippen LogP contribution >= 0.6 is 0 Å². The van der Waals surface area contributed by atoms with Crippen LogP contribution in [0.25, 0.3) is 16.4 Å². The summed E-state index contributed by atoms with van der Waals surface area (Å²) in [5.41, 5.74) is 4.71. The number of nitrogens with zero attached hydrogens (tertiary/aromatic N) is 4. The molecule has 8 nitrogen and oxygen atoms in total. The van der Waals surface area contributed by atoms with Crippen molar-refractivity contribution in [3.8, 4) is 11.6 Å². The van der Waals surface area contributed by atoms with E-state index in [0.29, 0.717) is 27.5 Å². The standard InChI is InChI=1S/C19H15F3N6O2/c1-9-5-12-13(26-9)3-4-14(15(12)20)30-19-16-10(2)11(7-28(16)25-8-23-19)6-24-27-18(29)17(21)22/h3-8,17,26H,1-2H3,(H,27,29)/b24-6+. The molecule has 1 aromatic carbocycles. The molecule has 3 heterocycles. The minimum absolute atomic E-state index is 0.0119. The summed E-state index contributed by atoms with van der Waals surface area (Å²) in [5, 5.41) is 7.98. The third-order valence-electron chi connectivity index (χ3n) is 4.45. The number of aryl methyl sites for hydroxylation is 2. The smallest absolute Gasteiger partial charge is 0.317 e. The van der Waals surface area contributed by atoms with E-state index < -0.39 is 18.1 Å². The van der Waals surface area contributed by atoms with Crippen LogP contribution in [0.4, 0.5) is 13.2 Å². The van der Waals surface area contributed by atoms with Gasteiger partial charge in [-0.25, -0.2) is 14.3 Å². The lowest BCUT2D eigenvalue weighted by atomic mass is 10.2. The maximum atomic E-state index is 14.9. The number of benzene rings is 1. The van der Waals surface area contributed by atoms with Crippen molar-refractivity contribution in [2.24, 2.45) is 5.10 Å². The number of hydrogen-bond donors (Lipinski definition) is 2. The monoisotopic (exact) mass is 416 g/mol. The van der Waals surface area contributed by atoms with Gasteiger partial charge < -0.3 is 9.72 Å². The molecule has 2 N–H and O–H groups in total. The molecule has 11 heteroatoms. The molecule has 0 spiro atoms. The van der Waals surface area contributed by atoms with Gasteiger partial charge in [-0.2, -0.15) is 24.0 Å². The van der Waals surface area contributed by atoms with Gasteiger partial charge in [-0.15, -0.1) is 0 Å². The fraction of sp³-hybridized carbons (Fsp3) is 0.158. The van der Waals surface area contributed by atoms with Gasteiger partial charge in [0.25, 0.3) is 0 Å². The summed E-state index contributed by atoms with van der Waals surface area (Å²) in [6, 6.07) is 4.87. The summed E-state index contributed by atoms with van der Waals surface area (Å²) in [7, 11) is 0. The molecule has 0 bridgehead atoms.